The summed E-state index contributed by atoms with van der Waals surface area (Å²) in [4.78, 5) is 15.6. The number of likely N-dealkylation sites (tertiary alicyclic amines) is 1. The predicted octanol–water partition coefficient (Wildman–Crippen LogP) is 1.74. The van der Waals surface area contributed by atoms with Crippen molar-refractivity contribution < 1.29 is 13.2 Å². The topological polar surface area (TPSA) is 78.5 Å². The number of hydrogen-bond donors (Lipinski definition) is 2. The smallest absolute Gasteiger partial charge is 0.240 e. The normalized spacial score (nSPS) is 29.5. The van der Waals surface area contributed by atoms with Gasteiger partial charge < -0.3 is 10.2 Å². The third kappa shape index (κ3) is 3.65. The molecule has 0 spiro atoms. The standard InChI is InChI=1S/C20H29N3O3S/c24-19(20-11-5-4-6-16(20)14-21-15-20)23-12-9-17(10-13-23)22-27(25,26)18-7-2-1-3-8-18/h1-3,7-8,16-17,21-22H,4-6,9-15H2/t16-,20+/m0/s1. The predicted molar refractivity (Wildman–Crippen MR) is 104 cm³/mol. The Morgan fingerprint density at radius 3 is 2.59 bits per heavy atom. The van der Waals surface area contributed by atoms with E-state index in [9.17, 15) is 13.2 Å². The minimum Gasteiger partial charge on any atom is -0.342 e. The van der Waals surface area contributed by atoms with E-state index in [2.05, 4.69) is 10.0 Å². The van der Waals surface area contributed by atoms with E-state index >= 15 is 0 Å². The number of nitrogens with one attached hydrogen (secondary N) is 2. The highest BCUT2D eigenvalue weighted by Gasteiger charge is 2.51. The lowest BCUT2D eigenvalue weighted by Gasteiger charge is -2.43. The number of piperidine rings is 1. The van der Waals surface area contributed by atoms with Gasteiger partial charge in [-0.2, -0.15) is 0 Å². The second-order valence-electron chi connectivity index (χ2n) is 8.23. The molecule has 2 atom stereocenters. The van der Waals surface area contributed by atoms with Crippen molar-refractivity contribution in [1.29, 1.82) is 0 Å². The van der Waals surface area contributed by atoms with Gasteiger partial charge in [-0.15, -0.1) is 0 Å². The SMILES string of the molecule is O=C(N1CCC(NS(=O)(=O)c2ccccc2)CC1)[C@@]12CCCC[C@H]1CNC2. The molecule has 3 aliphatic rings. The summed E-state index contributed by atoms with van der Waals surface area (Å²) in [5.74, 6) is 0.759. The molecule has 0 radical (unpaired) electrons. The van der Waals surface area contributed by atoms with Gasteiger partial charge >= 0.3 is 0 Å². The molecule has 1 saturated carbocycles. The Labute approximate surface area is 161 Å². The monoisotopic (exact) mass is 391 g/mol. The van der Waals surface area contributed by atoms with Crippen LogP contribution < -0.4 is 10.0 Å². The third-order valence-corrected chi connectivity index (χ3v) is 8.16. The van der Waals surface area contributed by atoms with Gasteiger partial charge in [0, 0.05) is 25.7 Å². The van der Waals surface area contributed by atoms with E-state index in [-0.39, 0.29) is 11.5 Å². The molecule has 4 rings (SSSR count). The Hall–Kier alpha value is -1.44. The van der Waals surface area contributed by atoms with Gasteiger partial charge in [-0.25, -0.2) is 13.1 Å². The molecule has 2 saturated heterocycles. The number of rotatable bonds is 4. The first-order valence-electron chi connectivity index (χ1n) is 10.1. The average molecular weight is 392 g/mol. The Bertz CT molecular complexity index is 775. The maximum absolute atomic E-state index is 13.3. The summed E-state index contributed by atoms with van der Waals surface area (Å²) in [7, 11) is -3.50. The molecule has 1 aromatic rings. The summed E-state index contributed by atoms with van der Waals surface area (Å²) in [6.45, 7) is 3.03. The van der Waals surface area contributed by atoms with Crippen molar-refractivity contribution in [1.82, 2.24) is 14.9 Å². The number of hydrogen-bond acceptors (Lipinski definition) is 4. The van der Waals surface area contributed by atoms with Crippen LogP contribution in [-0.4, -0.2) is 51.4 Å². The van der Waals surface area contributed by atoms with E-state index in [1.54, 1.807) is 30.3 Å². The molecule has 0 aromatic heterocycles. The van der Waals surface area contributed by atoms with Gasteiger partial charge in [0.2, 0.25) is 15.9 Å². The van der Waals surface area contributed by atoms with Crippen LogP contribution in [0.3, 0.4) is 0 Å². The lowest BCUT2D eigenvalue weighted by molar-refractivity contribution is -0.146. The van der Waals surface area contributed by atoms with Crippen molar-refractivity contribution in [3.05, 3.63) is 30.3 Å². The van der Waals surface area contributed by atoms with E-state index in [0.717, 1.165) is 32.4 Å². The molecule has 1 aromatic carbocycles. The largest absolute Gasteiger partial charge is 0.342 e. The van der Waals surface area contributed by atoms with Crippen LogP contribution in [0.1, 0.15) is 38.5 Å². The molecule has 7 heteroatoms. The Kier molecular flexibility index (Phi) is 5.27. The number of amides is 1. The van der Waals surface area contributed by atoms with E-state index < -0.39 is 10.0 Å². The molecule has 1 aliphatic carbocycles. The van der Waals surface area contributed by atoms with Crippen LogP contribution in [0.15, 0.2) is 35.2 Å². The highest BCUT2D eigenvalue weighted by Crippen LogP contribution is 2.45. The quantitative estimate of drug-likeness (QED) is 0.819. The fourth-order valence-electron chi connectivity index (χ4n) is 5.07. The minimum absolute atomic E-state index is 0.111. The van der Waals surface area contributed by atoms with Crippen LogP contribution >= 0.6 is 0 Å². The van der Waals surface area contributed by atoms with Crippen LogP contribution in [-0.2, 0) is 14.8 Å². The average Bonchev–Trinajstić information content (AvgIpc) is 3.14. The minimum atomic E-state index is -3.50. The Morgan fingerprint density at radius 1 is 1.11 bits per heavy atom. The number of sulfonamides is 1. The summed E-state index contributed by atoms with van der Waals surface area (Å²) in [6, 6.07) is 8.36. The molecule has 0 bridgehead atoms. The number of carbonyl (C=O) groups is 1. The van der Waals surface area contributed by atoms with Crippen LogP contribution in [0.2, 0.25) is 0 Å². The first kappa shape index (κ1) is 18.9. The van der Waals surface area contributed by atoms with Crippen LogP contribution in [0, 0.1) is 11.3 Å². The van der Waals surface area contributed by atoms with Crippen LogP contribution in [0.25, 0.3) is 0 Å². The molecule has 3 fully saturated rings. The fraction of sp³-hybridized carbons (Fsp3) is 0.650. The number of fused-ring (bicyclic) bond motifs is 1. The summed E-state index contributed by atoms with van der Waals surface area (Å²) >= 11 is 0. The summed E-state index contributed by atoms with van der Waals surface area (Å²) < 4.78 is 27.8. The van der Waals surface area contributed by atoms with Crippen molar-refractivity contribution >= 4 is 15.9 Å². The van der Waals surface area contributed by atoms with Gasteiger partial charge in [0.1, 0.15) is 0 Å². The van der Waals surface area contributed by atoms with E-state index in [1.807, 2.05) is 4.90 Å². The molecule has 2 N–H and O–H groups in total. The molecule has 27 heavy (non-hydrogen) atoms. The second kappa shape index (κ2) is 7.53. The van der Waals surface area contributed by atoms with Crippen molar-refractivity contribution in [2.24, 2.45) is 11.3 Å². The third-order valence-electron chi connectivity index (χ3n) is 6.62. The lowest BCUT2D eigenvalue weighted by atomic mass is 9.67. The molecular weight excluding hydrogens is 362 g/mol. The highest BCUT2D eigenvalue weighted by atomic mass is 32.2. The van der Waals surface area contributed by atoms with E-state index in [0.29, 0.717) is 42.7 Å². The maximum atomic E-state index is 13.3. The van der Waals surface area contributed by atoms with Crippen molar-refractivity contribution in [3.8, 4) is 0 Å². The van der Waals surface area contributed by atoms with E-state index in [4.69, 9.17) is 0 Å². The van der Waals surface area contributed by atoms with Crippen molar-refractivity contribution in [3.63, 3.8) is 0 Å². The molecule has 2 heterocycles. The first-order chi connectivity index (χ1) is 13.0. The zero-order valence-corrected chi connectivity index (χ0v) is 16.5. The van der Waals surface area contributed by atoms with Crippen LogP contribution in [0.4, 0.5) is 0 Å². The number of carbonyl (C=O) groups excluding carboxylic acids is 1. The molecule has 1 amide bonds. The lowest BCUT2D eigenvalue weighted by Crippen LogP contribution is -2.54. The van der Waals surface area contributed by atoms with Gasteiger partial charge in [-0.05, 0) is 50.3 Å². The molecular formula is C20H29N3O3S. The Balaban J connectivity index is 1.37. The van der Waals surface area contributed by atoms with Gasteiger partial charge in [-0.3, -0.25) is 4.79 Å². The Morgan fingerprint density at radius 2 is 1.85 bits per heavy atom. The van der Waals surface area contributed by atoms with Gasteiger partial charge in [0.05, 0.1) is 10.3 Å². The number of nitrogens with zero attached hydrogens (tertiary/aromatic N) is 1. The highest BCUT2D eigenvalue weighted by molar-refractivity contribution is 7.89. The van der Waals surface area contributed by atoms with Crippen molar-refractivity contribution in [2.75, 3.05) is 26.2 Å². The van der Waals surface area contributed by atoms with Gasteiger partial charge in [0.25, 0.3) is 0 Å². The fourth-order valence-corrected chi connectivity index (χ4v) is 6.40. The van der Waals surface area contributed by atoms with Crippen molar-refractivity contribution in [2.45, 2.75) is 49.5 Å². The summed E-state index contributed by atoms with van der Waals surface area (Å²) in [5, 5.41) is 3.44. The molecule has 0 unspecified atom stereocenters. The molecule has 148 valence electrons. The first-order valence-corrected chi connectivity index (χ1v) is 11.6. The molecule has 6 nitrogen and oxygen atoms in total. The maximum Gasteiger partial charge on any atom is 0.240 e. The zero-order chi connectivity index (χ0) is 18.9. The van der Waals surface area contributed by atoms with Gasteiger partial charge in [-0.1, -0.05) is 31.0 Å². The summed E-state index contributed by atoms with van der Waals surface area (Å²) in [6.07, 6.45) is 5.84. The number of benzene rings is 1. The van der Waals surface area contributed by atoms with Crippen LogP contribution in [0.5, 0.6) is 0 Å². The second-order valence-corrected chi connectivity index (χ2v) is 9.94. The molecule has 2 aliphatic heterocycles. The zero-order valence-electron chi connectivity index (χ0n) is 15.7. The van der Waals surface area contributed by atoms with Gasteiger partial charge in [0.15, 0.2) is 0 Å². The summed E-state index contributed by atoms with van der Waals surface area (Å²) in [5.41, 5.74) is -0.214. The van der Waals surface area contributed by atoms with E-state index in [1.165, 1.54) is 6.42 Å².